The van der Waals surface area contributed by atoms with E-state index >= 15 is 0 Å². The van der Waals surface area contributed by atoms with Gasteiger partial charge in [0.05, 0.1) is 52.3 Å². The van der Waals surface area contributed by atoms with E-state index in [1.54, 1.807) is 6.92 Å². The molecule has 0 spiro atoms. The summed E-state index contributed by atoms with van der Waals surface area (Å²) in [5.74, 6) is -0.194. The number of esters is 1. The van der Waals surface area contributed by atoms with Crippen molar-refractivity contribution < 1.29 is 31.6 Å². The van der Waals surface area contributed by atoms with Crippen molar-refractivity contribution in [1.29, 1.82) is 0 Å². The van der Waals surface area contributed by atoms with Gasteiger partial charge in [-0.05, 0) is 14.0 Å². The molecule has 0 rings (SSSR count). The van der Waals surface area contributed by atoms with Gasteiger partial charge in [-0.15, -0.1) is 0 Å². The summed E-state index contributed by atoms with van der Waals surface area (Å²) in [7, 11) is -1.50. The van der Waals surface area contributed by atoms with Crippen LogP contribution in [-0.4, -0.2) is 85.3 Å². The third-order valence-electron chi connectivity index (χ3n) is 2.52. The molecule has 0 heterocycles. The quantitative estimate of drug-likeness (QED) is 0.245. The minimum absolute atomic E-state index is 0.00936. The van der Waals surface area contributed by atoms with Crippen molar-refractivity contribution in [1.82, 2.24) is 4.90 Å². The van der Waals surface area contributed by atoms with Gasteiger partial charge in [0.1, 0.15) is 0 Å². The number of ether oxygens (including phenoxy) is 3. The van der Waals surface area contributed by atoms with Crippen molar-refractivity contribution in [3.63, 3.8) is 0 Å². The molecule has 0 saturated carbocycles. The van der Waals surface area contributed by atoms with E-state index in [2.05, 4.69) is 4.18 Å². The molecule has 0 aromatic heterocycles. The van der Waals surface area contributed by atoms with Gasteiger partial charge in [0, 0.05) is 13.1 Å². The van der Waals surface area contributed by atoms with Crippen LogP contribution in [0, 0.1) is 0 Å². The molecule has 0 aliphatic carbocycles. The zero-order valence-electron chi connectivity index (χ0n) is 13.6. The normalized spacial score (nSPS) is 11.8. The molecule has 0 bridgehead atoms. The molecule has 0 unspecified atom stereocenters. The summed E-state index contributed by atoms with van der Waals surface area (Å²) in [4.78, 5) is 13.2. The number of rotatable bonds is 14. The Morgan fingerprint density at radius 2 is 1.59 bits per heavy atom. The number of nitrogens with zero attached hydrogens (tertiary/aromatic N) is 1. The molecule has 0 amide bonds. The Morgan fingerprint density at radius 1 is 1.00 bits per heavy atom. The van der Waals surface area contributed by atoms with Crippen LogP contribution < -0.4 is 0 Å². The molecule has 0 aromatic rings. The average Bonchev–Trinajstić information content (AvgIpc) is 2.42. The number of carbonyl (C=O) groups is 1. The summed E-state index contributed by atoms with van der Waals surface area (Å²) in [5.41, 5.74) is 0. The van der Waals surface area contributed by atoms with E-state index in [1.807, 2.05) is 11.9 Å². The van der Waals surface area contributed by atoms with Gasteiger partial charge in [-0.25, -0.2) is 0 Å². The fourth-order valence-electron chi connectivity index (χ4n) is 1.41. The van der Waals surface area contributed by atoms with E-state index < -0.39 is 10.1 Å². The molecule has 132 valence electrons. The van der Waals surface area contributed by atoms with E-state index in [0.29, 0.717) is 45.9 Å². The van der Waals surface area contributed by atoms with Crippen LogP contribution in [0.3, 0.4) is 0 Å². The highest BCUT2D eigenvalue weighted by atomic mass is 32.2. The second-order valence-electron chi connectivity index (χ2n) is 4.61. The van der Waals surface area contributed by atoms with E-state index in [-0.39, 0.29) is 19.2 Å². The number of likely N-dealkylation sites (N-methyl/N-ethyl adjacent to an activating group) is 1. The highest BCUT2D eigenvalue weighted by Crippen LogP contribution is 1.92. The van der Waals surface area contributed by atoms with Gasteiger partial charge in [0.2, 0.25) is 0 Å². The van der Waals surface area contributed by atoms with Crippen molar-refractivity contribution in [2.45, 2.75) is 13.3 Å². The largest absolute Gasteiger partial charge is 0.466 e. The third kappa shape index (κ3) is 15.6. The monoisotopic (exact) mass is 341 g/mol. The summed E-state index contributed by atoms with van der Waals surface area (Å²) >= 11 is 0. The van der Waals surface area contributed by atoms with E-state index in [4.69, 9.17) is 14.2 Å². The molecule has 22 heavy (non-hydrogen) atoms. The Balaban J connectivity index is 3.33. The maximum absolute atomic E-state index is 11.2. The van der Waals surface area contributed by atoms with Crippen LogP contribution in [0.5, 0.6) is 0 Å². The first-order valence-electron chi connectivity index (χ1n) is 7.19. The van der Waals surface area contributed by atoms with Gasteiger partial charge in [-0.3, -0.25) is 8.98 Å². The van der Waals surface area contributed by atoms with Gasteiger partial charge in [-0.2, -0.15) is 8.42 Å². The van der Waals surface area contributed by atoms with Crippen LogP contribution in [0.15, 0.2) is 0 Å². The Morgan fingerprint density at radius 3 is 2.18 bits per heavy atom. The summed E-state index contributed by atoms with van der Waals surface area (Å²) in [6.07, 6.45) is 1.36. The van der Waals surface area contributed by atoms with E-state index in [0.717, 1.165) is 6.26 Å². The van der Waals surface area contributed by atoms with Crippen LogP contribution in [0.1, 0.15) is 13.3 Å². The van der Waals surface area contributed by atoms with Crippen molar-refractivity contribution in [3.05, 3.63) is 0 Å². The standard InChI is InChI=1S/C13H27NO7S/c1-4-20-13(15)5-6-14(2)7-8-18-9-10-19-11-12-21-22(3,16)17/h4-12H2,1-3H3. The molecule has 0 fully saturated rings. The molecule has 8 nitrogen and oxygen atoms in total. The lowest BCUT2D eigenvalue weighted by Crippen LogP contribution is -2.26. The lowest BCUT2D eigenvalue weighted by Gasteiger charge is -2.15. The number of hydrogen-bond acceptors (Lipinski definition) is 8. The van der Waals surface area contributed by atoms with Crippen LogP contribution in [0.25, 0.3) is 0 Å². The lowest BCUT2D eigenvalue weighted by molar-refractivity contribution is -0.143. The van der Waals surface area contributed by atoms with Gasteiger partial charge in [-0.1, -0.05) is 0 Å². The van der Waals surface area contributed by atoms with Crippen LogP contribution in [-0.2, 0) is 33.3 Å². The molecular weight excluding hydrogens is 314 g/mol. The smallest absolute Gasteiger partial charge is 0.307 e. The minimum atomic E-state index is -3.40. The third-order valence-corrected chi connectivity index (χ3v) is 3.11. The maximum Gasteiger partial charge on any atom is 0.307 e. The predicted molar refractivity (Wildman–Crippen MR) is 81.2 cm³/mol. The second-order valence-corrected chi connectivity index (χ2v) is 6.25. The van der Waals surface area contributed by atoms with Gasteiger partial charge in [0.25, 0.3) is 10.1 Å². The van der Waals surface area contributed by atoms with Crippen molar-refractivity contribution in [2.24, 2.45) is 0 Å². The Labute approximate surface area is 132 Å². The molecule has 0 aromatic carbocycles. The molecular formula is C13H27NO7S. The fourth-order valence-corrected chi connectivity index (χ4v) is 1.78. The average molecular weight is 341 g/mol. The van der Waals surface area contributed by atoms with Crippen molar-refractivity contribution >= 4 is 16.1 Å². The molecule has 0 aliphatic rings. The summed E-state index contributed by atoms with van der Waals surface area (Å²) < 4.78 is 41.2. The summed E-state index contributed by atoms with van der Waals surface area (Å²) in [6.45, 7) is 5.06. The summed E-state index contributed by atoms with van der Waals surface area (Å²) in [5, 5.41) is 0. The van der Waals surface area contributed by atoms with Crippen LogP contribution in [0.2, 0.25) is 0 Å². The van der Waals surface area contributed by atoms with Crippen LogP contribution in [0.4, 0.5) is 0 Å². The molecule has 0 radical (unpaired) electrons. The SMILES string of the molecule is CCOC(=O)CCN(C)CCOCCOCCOS(C)(=O)=O. The Bertz CT molecular complexity index is 386. The first kappa shape index (κ1) is 21.3. The van der Waals surface area contributed by atoms with Gasteiger partial charge < -0.3 is 19.1 Å². The zero-order valence-corrected chi connectivity index (χ0v) is 14.4. The maximum atomic E-state index is 11.2. The van der Waals surface area contributed by atoms with Gasteiger partial charge in [0.15, 0.2) is 0 Å². The fraction of sp³-hybridized carbons (Fsp3) is 0.923. The molecule has 9 heteroatoms. The van der Waals surface area contributed by atoms with Crippen molar-refractivity contribution in [2.75, 3.05) is 66.0 Å². The first-order valence-corrected chi connectivity index (χ1v) is 9.01. The molecule has 0 N–H and O–H groups in total. The Kier molecular flexibility index (Phi) is 12.3. The second kappa shape index (κ2) is 12.8. The van der Waals surface area contributed by atoms with Crippen molar-refractivity contribution in [3.8, 4) is 0 Å². The summed E-state index contributed by atoms with van der Waals surface area (Å²) in [6, 6.07) is 0. The predicted octanol–water partition coefficient (Wildman–Crippen LogP) is -0.119. The van der Waals surface area contributed by atoms with Gasteiger partial charge >= 0.3 is 5.97 Å². The highest BCUT2D eigenvalue weighted by Gasteiger charge is 2.05. The topological polar surface area (TPSA) is 91.4 Å². The molecule has 0 aliphatic heterocycles. The molecule has 0 atom stereocenters. The Hall–Kier alpha value is -0.740. The minimum Gasteiger partial charge on any atom is -0.466 e. The number of hydrogen-bond donors (Lipinski definition) is 0. The molecule has 0 saturated heterocycles. The first-order chi connectivity index (χ1) is 10.3. The van der Waals surface area contributed by atoms with E-state index in [1.165, 1.54) is 0 Å². The zero-order chi connectivity index (χ0) is 16.8. The lowest BCUT2D eigenvalue weighted by atomic mass is 10.4. The number of carbonyl (C=O) groups excluding carboxylic acids is 1. The van der Waals surface area contributed by atoms with Crippen LogP contribution >= 0.6 is 0 Å². The highest BCUT2D eigenvalue weighted by molar-refractivity contribution is 7.85. The van der Waals surface area contributed by atoms with E-state index in [9.17, 15) is 13.2 Å².